The van der Waals surface area contributed by atoms with Crippen LogP contribution in [0.15, 0.2) is 18.2 Å². The van der Waals surface area contributed by atoms with Crippen LogP contribution in [0.25, 0.3) is 10.2 Å². The fourth-order valence-corrected chi connectivity index (χ4v) is 2.72. The molecule has 0 aliphatic rings. The fourth-order valence-electron chi connectivity index (χ4n) is 1.79. The zero-order chi connectivity index (χ0) is 14.0. The summed E-state index contributed by atoms with van der Waals surface area (Å²) in [4.78, 5) is 15.8. The van der Waals surface area contributed by atoms with Crippen molar-refractivity contribution in [2.24, 2.45) is 11.7 Å². The average Bonchev–Trinajstić information content (AvgIpc) is 2.76. The van der Waals surface area contributed by atoms with Crippen LogP contribution < -0.4 is 15.8 Å². The Morgan fingerprint density at radius 1 is 1.47 bits per heavy atom. The molecule has 0 saturated heterocycles. The minimum atomic E-state index is -0.414. The van der Waals surface area contributed by atoms with Gasteiger partial charge in [0.05, 0.1) is 17.3 Å². The number of nitrogens with two attached hydrogens (primary N) is 1. The highest BCUT2D eigenvalue weighted by Crippen LogP contribution is 2.29. The van der Waals surface area contributed by atoms with Crippen molar-refractivity contribution in [1.29, 1.82) is 0 Å². The second-order valence-electron chi connectivity index (χ2n) is 4.62. The molecular weight excluding hydrogens is 262 g/mol. The molecule has 1 aromatic heterocycles. The minimum Gasteiger partial charge on any atom is -0.497 e. The predicted molar refractivity (Wildman–Crippen MR) is 77.6 cm³/mol. The van der Waals surface area contributed by atoms with Gasteiger partial charge in [-0.05, 0) is 24.1 Å². The van der Waals surface area contributed by atoms with E-state index in [4.69, 9.17) is 10.5 Å². The number of carbonyl (C=O) groups is 1. The highest BCUT2D eigenvalue weighted by molar-refractivity contribution is 7.22. The number of anilines is 1. The quantitative estimate of drug-likeness (QED) is 0.880. The molecule has 0 radical (unpaired) electrons. The molecular formula is C13H17N3O2S. The highest BCUT2D eigenvalue weighted by atomic mass is 32.1. The second-order valence-corrected chi connectivity index (χ2v) is 5.65. The molecule has 0 bridgehead atoms. The van der Waals surface area contributed by atoms with Crippen LogP contribution in [-0.4, -0.2) is 24.0 Å². The number of methoxy groups -OCH3 is 1. The van der Waals surface area contributed by atoms with E-state index in [1.165, 1.54) is 11.3 Å². The molecule has 102 valence electrons. The lowest BCUT2D eigenvalue weighted by molar-refractivity contribution is -0.119. The van der Waals surface area contributed by atoms with E-state index in [9.17, 15) is 4.79 Å². The fraction of sp³-hybridized carbons (Fsp3) is 0.385. The first-order valence-electron chi connectivity index (χ1n) is 6.01. The van der Waals surface area contributed by atoms with E-state index >= 15 is 0 Å². The minimum absolute atomic E-state index is 0.110. The maximum atomic E-state index is 11.4. The first kappa shape index (κ1) is 13.6. The normalized spacial score (nSPS) is 12.6. The largest absolute Gasteiger partial charge is 0.497 e. The van der Waals surface area contributed by atoms with Crippen LogP contribution in [0.1, 0.15) is 13.8 Å². The van der Waals surface area contributed by atoms with Gasteiger partial charge in [0.1, 0.15) is 11.8 Å². The number of aromatic nitrogens is 1. The Bertz CT molecular complexity index is 595. The summed E-state index contributed by atoms with van der Waals surface area (Å²) in [6.07, 6.45) is 0. The Morgan fingerprint density at radius 2 is 2.21 bits per heavy atom. The van der Waals surface area contributed by atoms with E-state index in [0.29, 0.717) is 5.13 Å². The molecule has 0 fully saturated rings. The molecule has 2 rings (SSSR count). The van der Waals surface area contributed by atoms with Crippen molar-refractivity contribution in [2.45, 2.75) is 19.9 Å². The lowest BCUT2D eigenvalue weighted by Crippen LogP contribution is -2.39. The number of amides is 1. The van der Waals surface area contributed by atoms with Crippen molar-refractivity contribution in [1.82, 2.24) is 4.98 Å². The molecule has 1 heterocycles. The summed E-state index contributed by atoms with van der Waals surface area (Å²) in [6, 6.07) is 5.26. The Kier molecular flexibility index (Phi) is 3.90. The standard InChI is InChI=1S/C13H17N3O2S/c1-7(2)11(12(14)17)16-13-15-9-5-4-8(18-3)6-10(9)19-13/h4-7,11H,1-3H3,(H2,14,17)(H,15,16). The van der Waals surface area contributed by atoms with Crippen molar-refractivity contribution in [3.05, 3.63) is 18.2 Å². The van der Waals surface area contributed by atoms with Gasteiger partial charge in [-0.2, -0.15) is 0 Å². The van der Waals surface area contributed by atoms with Crippen molar-refractivity contribution in [2.75, 3.05) is 12.4 Å². The summed E-state index contributed by atoms with van der Waals surface area (Å²) in [5.74, 6) is 0.531. The van der Waals surface area contributed by atoms with Gasteiger partial charge < -0.3 is 15.8 Å². The number of benzene rings is 1. The number of thiazole rings is 1. The molecule has 2 aromatic rings. The zero-order valence-electron chi connectivity index (χ0n) is 11.1. The van der Waals surface area contributed by atoms with Crippen LogP contribution in [0, 0.1) is 5.92 Å². The third-order valence-corrected chi connectivity index (χ3v) is 3.80. The molecule has 0 aliphatic heterocycles. The number of hydrogen-bond acceptors (Lipinski definition) is 5. The van der Waals surface area contributed by atoms with Crippen LogP contribution in [0.3, 0.4) is 0 Å². The molecule has 1 atom stereocenters. The molecule has 0 saturated carbocycles. The van der Waals surface area contributed by atoms with E-state index in [2.05, 4.69) is 10.3 Å². The van der Waals surface area contributed by atoms with Gasteiger partial charge in [0.15, 0.2) is 5.13 Å². The first-order chi connectivity index (χ1) is 9.01. The Hall–Kier alpha value is -1.82. The Morgan fingerprint density at radius 3 is 2.79 bits per heavy atom. The number of carbonyl (C=O) groups excluding carboxylic acids is 1. The number of fused-ring (bicyclic) bond motifs is 1. The van der Waals surface area contributed by atoms with Gasteiger partial charge in [-0.1, -0.05) is 25.2 Å². The van der Waals surface area contributed by atoms with Crippen molar-refractivity contribution >= 4 is 32.6 Å². The maximum absolute atomic E-state index is 11.4. The number of hydrogen-bond donors (Lipinski definition) is 2. The third kappa shape index (κ3) is 2.96. The van der Waals surface area contributed by atoms with Crippen molar-refractivity contribution in [3.8, 4) is 5.75 Å². The van der Waals surface area contributed by atoms with Gasteiger partial charge >= 0.3 is 0 Å². The van der Waals surface area contributed by atoms with Crippen molar-refractivity contribution in [3.63, 3.8) is 0 Å². The summed E-state index contributed by atoms with van der Waals surface area (Å²) in [5.41, 5.74) is 6.26. The molecule has 19 heavy (non-hydrogen) atoms. The maximum Gasteiger partial charge on any atom is 0.240 e. The third-order valence-electron chi connectivity index (χ3n) is 2.85. The van der Waals surface area contributed by atoms with E-state index in [1.807, 2.05) is 32.0 Å². The van der Waals surface area contributed by atoms with Crippen LogP contribution in [0.2, 0.25) is 0 Å². The summed E-state index contributed by atoms with van der Waals surface area (Å²) >= 11 is 1.48. The lowest BCUT2D eigenvalue weighted by atomic mass is 10.0. The van der Waals surface area contributed by atoms with Crippen LogP contribution >= 0.6 is 11.3 Å². The molecule has 1 unspecified atom stereocenters. The smallest absolute Gasteiger partial charge is 0.240 e. The Balaban J connectivity index is 2.28. The number of ether oxygens (including phenoxy) is 1. The van der Waals surface area contributed by atoms with Gasteiger partial charge in [0.2, 0.25) is 5.91 Å². The number of nitrogens with one attached hydrogen (secondary N) is 1. The van der Waals surface area contributed by atoms with E-state index in [1.54, 1.807) is 7.11 Å². The zero-order valence-corrected chi connectivity index (χ0v) is 12.0. The van der Waals surface area contributed by atoms with Gasteiger partial charge in [0, 0.05) is 0 Å². The SMILES string of the molecule is COc1ccc2nc(NC(C(N)=O)C(C)C)sc2c1. The second kappa shape index (κ2) is 5.44. The molecule has 6 heteroatoms. The van der Waals surface area contributed by atoms with Crippen LogP contribution in [-0.2, 0) is 4.79 Å². The highest BCUT2D eigenvalue weighted by Gasteiger charge is 2.20. The van der Waals surface area contributed by atoms with Gasteiger partial charge in [-0.3, -0.25) is 4.79 Å². The summed E-state index contributed by atoms with van der Waals surface area (Å²) < 4.78 is 6.18. The van der Waals surface area contributed by atoms with Gasteiger partial charge in [0.25, 0.3) is 0 Å². The van der Waals surface area contributed by atoms with Gasteiger partial charge in [-0.25, -0.2) is 4.98 Å². The monoisotopic (exact) mass is 279 g/mol. The average molecular weight is 279 g/mol. The van der Waals surface area contributed by atoms with E-state index < -0.39 is 6.04 Å². The van der Waals surface area contributed by atoms with Crippen LogP contribution in [0.5, 0.6) is 5.75 Å². The summed E-state index contributed by atoms with van der Waals surface area (Å²) in [7, 11) is 1.63. The summed E-state index contributed by atoms with van der Waals surface area (Å²) in [6.45, 7) is 3.89. The molecule has 1 amide bonds. The van der Waals surface area contributed by atoms with E-state index in [-0.39, 0.29) is 11.8 Å². The first-order valence-corrected chi connectivity index (χ1v) is 6.83. The van der Waals surface area contributed by atoms with Crippen LogP contribution in [0.4, 0.5) is 5.13 Å². The van der Waals surface area contributed by atoms with Crippen molar-refractivity contribution < 1.29 is 9.53 Å². The molecule has 0 spiro atoms. The summed E-state index contributed by atoms with van der Waals surface area (Å²) in [5, 5.41) is 3.79. The molecule has 5 nitrogen and oxygen atoms in total. The predicted octanol–water partition coefficient (Wildman–Crippen LogP) is 2.23. The lowest BCUT2D eigenvalue weighted by Gasteiger charge is -2.17. The Labute approximate surface area is 115 Å². The topological polar surface area (TPSA) is 77.2 Å². The van der Waals surface area contributed by atoms with Gasteiger partial charge in [-0.15, -0.1) is 0 Å². The molecule has 0 aliphatic carbocycles. The number of primary amides is 1. The molecule has 1 aromatic carbocycles. The molecule has 3 N–H and O–H groups in total. The number of rotatable bonds is 5. The number of nitrogens with zero attached hydrogens (tertiary/aromatic N) is 1. The van der Waals surface area contributed by atoms with E-state index in [0.717, 1.165) is 16.0 Å².